The van der Waals surface area contributed by atoms with Crippen molar-refractivity contribution >= 4 is 33.2 Å². The zero-order valence-electron chi connectivity index (χ0n) is 7.29. The van der Waals surface area contributed by atoms with Crippen molar-refractivity contribution in [1.29, 1.82) is 0 Å². The van der Waals surface area contributed by atoms with Crippen LogP contribution in [0.2, 0.25) is 0 Å². The monoisotopic (exact) mass is 279 g/mol. The van der Waals surface area contributed by atoms with Crippen molar-refractivity contribution in [3.63, 3.8) is 0 Å². The lowest BCUT2D eigenvalue weighted by molar-refractivity contribution is -0.385. The average Bonchev–Trinajstić information content (AvgIpc) is 2.17. The maximum Gasteiger partial charge on any atom is 0.275 e. The van der Waals surface area contributed by atoms with E-state index in [0.717, 1.165) is 0 Å². The number of nitro benzene ring substituents is 1. The number of alkyl halides is 1. The molecule has 0 aliphatic rings. The van der Waals surface area contributed by atoms with Crippen LogP contribution in [-0.2, 0) is 5.88 Å². The molecule has 6 heteroatoms. The van der Waals surface area contributed by atoms with Gasteiger partial charge in [0, 0.05) is 6.07 Å². The van der Waals surface area contributed by atoms with E-state index in [9.17, 15) is 10.1 Å². The molecule has 0 fully saturated rings. The van der Waals surface area contributed by atoms with Gasteiger partial charge >= 0.3 is 0 Å². The zero-order chi connectivity index (χ0) is 10.7. The van der Waals surface area contributed by atoms with Crippen molar-refractivity contribution in [1.82, 2.24) is 0 Å². The smallest absolute Gasteiger partial charge is 0.275 e. The second-order valence-corrected chi connectivity index (χ2v) is 3.53. The highest BCUT2D eigenvalue weighted by atomic mass is 79.9. The quantitative estimate of drug-likeness (QED) is 0.485. The Kier molecular flexibility index (Phi) is 3.71. The van der Waals surface area contributed by atoms with Crippen LogP contribution in [0.5, 0.6) is 5.75 Å². The van der Waals surface area contributed by atoms with Crippen LogP contribution >= 0.6 is 27.5 Å². The van der Waals surface area contributed by atoms with Gasteiger partial charge in [-0.3, -0.25) is 10.1 Å². The van der Waals surface area contributed by atoms with E-state index in [0.29, 0.717) is 15.8 Å². The minimum Gasteiger partial charge on any atom is -0.496 e. The predicted octanol–water partition coefficient (Wildman–Crippen LogP) is 3.10. The number of ether oxygens (including phenoxy) is 1. The van der Waals surface area contributed by atoms with Crippen LogP contribution in [0.25, 0.3) is 0 Å². The predicted molar refractivity (Wildman–Crippen MR) is 56.9 cm³/mol. The van der Waals surface area contributed by atoms with Gasteiger partial charge in [-0.05, 0) is 22.0 Å². The Morgan fingerprint density at radius 3 is 2.71 bits per heavy atom. The summed E-state index contributed by atoms with van der Waals surface area (Å²) in [7, 11) is 1.49. The molecule has 0 N–H and O–H groups in total. The molecule has 76 valence electrons. The van der Waals surface area contributed by atoms with E-state index in [1.807, 2.05) is 0 Å². The Bertz CT molecular complexity index is 370. The van der Waals surface area contributed by atoms with Gasteiger partial charge in [0.1, 0.15) is 5.75 Å². The van der Waals surface area contributed by atoms with E-state index in [1.54, 1.807) is 0 Å². The van der Waals surface area contributed by atoms with E-state index >= 15 is 0 Å². The zero-order valence-corrected chi connectivity index (χ0v) is 9.63. The number of hydrogen-bond acceptors (Lipinski definition) is 3. The van der Waals surface area contributed by atoms with Gasteiger partial charge in [0.25, 0.3) is 5.69 Å². The Hall–Kier alpha value is -0.810. The summed E-state index contributed by atoms with van der Waals surface area (Å²) < 4.78 is 5.53. The molecule has 0 aliphatic carbocycles. The Morgan fingerprint density at radius 1 is 1.64 bits per heavy atom. The van der Waals surface area contributed by atoms with Crippen molar-refractivity contribution in [2.75, 3.05) is 7.11 Å². The van der Waals surface area contributed by atoms with Gasteiger partial charge in [0.05, 0.1) is 27.9 Å². The molecule has 0 aromatic heterocycles. The lowest BCUT2D eigenvalue weighted by atomic mass is 10.2. The van der Waals surface area contributed by atoms with Crippen molar-refractivity contribution in [3.8, 4) is 5.75 Å². The molecular formula is C8H7BrClNO3. The highest BCUT2D eigenvalue weighted by Crippen LogP contribution is 2.35. The van der Waals surface area contributed by atoms with Crippen LogP contribution in [-0.4, -0.2) is 12.0 Å². The van der Waals surface area contributed by atoms with E-state index in [-0.39, 0.29) is 11.6 Å². The van der Waals surface area contributed by atoms with Crippen molar-refractivity contribution in [2.24, 2.45) is 0 Å². The fraction of sp³-hybridized carbons (Fsp3) is 0.250. The van der Waals surface area contributed by atoms with Gasteiger partial charge in [-0.2, -0.15) is 0 Å². The molecule has 0 amide bonds. The van der Waals surface area contributed by atoms with Gasteiger partial charge in [-0.1, -0.05) is 0 Å². The molecule has 14 heavy (non-hydrogen) atoms. The van der Waals surface area contributed by atoms with Gasteiger partial charge in [0.15, 0.2) is 0 Å². The Morgan fingerprint density at radius 2 is 2.29 bits per heavy atom. The first-order valence-electron chi connectivity index (χ1n) is 3.67. The topological polar surface area (TPSA) is 52.4 Å². The third kappa shape index (κ3) is 1.99. The molecule has 0 saturated heterocycles. The molecule has 4 nitrogen and oxygen atoms in total. The summed E-state index contributed by atoms with van der Waals surface area (Å²) in [5.41, 5.74) is 0.420. The molecule has 0 saturated carbocycles. The molecule has 0 heterocycles. The fourth-order valence-electron chi connectivity index (χ4n) is 1.05. The molecule has 1 rings (SSSR count). The minimum absolute atomic E-state index is 0.00678. The summed E-state index contributed by atoms with van der Waals surface area (Å²) in [4.78, 5) is 10.1. The largest absolute Gasteiger partial charge is 0.496 e. The summed E-state index contributed by atoms with van der Waals surface area (Å²) in [5, 5.41) is 10.6. The molecule has 0 spiro atoms. The van der Waals surface area contributed by atoms with Crippen LogP contribution in [0.4, 0.5) is 5.69 Å². The normalized spacial score (nSPS) is 9.93. The van der Waals surface area contributed by atoms with Crippen molar-refractivity contribution in [2.45, 2.75) is 5.88 Å². The average molecular weight is 281 g/mol. The molecule has 0 aliphatic heterocycles. The first kappa shape index (κ1) is 11.3. The maximum atomic E-state index is 10.6. The third-order valence-corrected chi connectivity index (χ3v) is 2.87. The summed E-state index contributed by atoms with van der Waals surface area (Å²) in [5.74, 6) is 0.597. The number of nitrogens with zero attached hydrogens (tertiary/aromatic N) is 1. The van der Waals surface area contributed by atoms with Gasteiger partial charge in [0.2, 0.25) is 0 Å². The first-order chi connectivity index (χ1) is 6.61. The lowest BCUT2D eigenvalue weighted by Gasteiger charge is -2.06. The van der Waals surface area contributed by atoms with Crippen molar-refractivity contribution < 1.29 is 9.66 Å². The molecule has 1 aromatic carbocycles. The van der Waals surface area contributed by atoms with Crippen LogP contribution in [0, 0.1) is 10.1 Å². The van der Waals surface area contributed by atoms with Crippen LogP contribution in [0.15, 0.2) is 16.6 Å². The lowest BCUT2D eigenvalue weighted by Crippen LogP contribution is -1.96. The highest BCUT2D eigenvalue weighted by Gasteiger charge is 2.18. The second-order valence-electron chi connectivity index (χ2n) is 2.47. The number of benzene rings is 1. The molecule has 0 atom stereocenters. The van der Waals surface area contributed by atoms with Crippen LogP contribution in [0.1, 0.15) is 5.56 Å². The standard InChI is InChI=1S/C8H7BrClNO3/c1-14-7-3-2-6(11(12)13)5(4-10)8(7)9/h2-3H,4H2,1H3. The first-order valence-corrected chi connectivity index (χ1v) is 5.00. The molecule has 0 unspecified atom stereocenters. The van der Waals surface area contributed by atoms with E-state index in [2.05, 4.69) is 15.9 Å². The summed E-state index contributed by atoms with van der Waals surface area (Å²) in [6.07, 6.45) is 0. The van der Waals surface area contributed by atoms with E-state index in [1.165, 1.54) is 19.2 Å². The SMILES string of the molecule is COc1ccc([N+](=O)[O-])c(CCl)c1Br. The van der Waals surface area contributed by atoms with E-state index < -0.39 is 4.92 Å². The number of hydrogen-bond donors (Lipinski definition) is 0. The number of nitro groups is 1. The summed E-state index contributed by atoms with van der Waals surface area (Å²) in [6.45, 7) is 0. The van der Waals surface area contributed by atoms with Gasteiger partial charge < -0.3 is 4.74 Å². The second kappa shape index (κ2) is 4.61. The Labute approximate surface area is 94.1 Å². The van der Waals surface area contributed by atoms with Crippen LogP contribution in [0.3, 0.4) is 0 Å². The number of halogens is 2. The van der Waals surface area contributed by atoms with Crippen molar-refractivity contribution in [3.05, 3.63) is 32.3 Å². The molecule has 0 radical (unpaired) electrons. The van der Waals surface area contributed by atoms with E-state index in [4.69, 9.17) is 16.3 Å². The molecular weight excluding hydrogens is 273 g/mol. The molecule has 1 aromatic rings. The summed E-state index contributed by atoms with van der Waals surface area (Å²) in [6, 6.07) is 2.90. The highest BCUT2D eigenvalue weighted by molar-refractivity contribution is 9.10. The third-order valence-electron chi connectivity index (χ3n) is 1.73. The van der Waals surface area contributed by atoms with Gasteiger partial charge in [-0.15, -0.1) is 11.6 Å². The molecule has 0 bridgehead atoms. The Balaban J connectivity index is 3.35. The maximum absolute atomic E-state index is 10.6. The van der Waals surface area contributed by atoms with Crippen LogP contribution < -0.4 is 4.74 Å². The van der Waals surface area contributed by atoms with Gasteiger partial charge in [-0.25, -0.2) is 0 Å². The summed E-state index contributed by atoms with van der Waals surface area (Å²) >= 11 is 8.83. The fourth-order valence-corrected chi connectivity index (χ4v) is 2.11. The number of methoxy groups -OCH3 is 1. The minimum atomic E-state index is -0.470. The number of rotatable bonds is 3.